The van der Waals surface area contributed by atoms with E-state index in [9.17, 15) is 0 Å². The minimum Gasteiger partial charge on any atom is -0.496 e. The number of rotatable bonds is 4. The SMILES string of the molecule is COc1ccccc1-c1cccc(CCO)c1. The number of para-hydroxylation sites is 1. The summed E-state index contributed by atoms with van der Waals surface area (Å²) in [6.45, 7) is 0.176. The molecule has 0 unspecified atom stereocenters. The average Bonchev–Trinajstić information content (AvgIpc) is 2.39. The van der Waals surface area contributed by atoms with E-state index in [1.54, 1.807) is 7.11 Å². The summed E-state index contributed by atoms with van der Waals surface area (Å²) in [7, 11) is 1.68. The molecule has 2 rings (SSSR count). The van der Waals surface area contributed by atoms with Gasteiger partial charge in [-0.2, -0.15) is 0 Å². The first-order valence-corrected chi connectivity index (χ1v) is 5.68. The van der Waals surface area contributed by atoms with Crippen LogP contribution in [0.15, 0.2) is 48.5 Å². The second-order valence-electron chi connectivity index (χ2n) is 3.87. The van der Waals surface area contributed by atoms with Gasteiger partial charge < -0.3 is 9.84 Å². The van der Waals surface area contributed by atoms with E-state index in [1.165, 1.54) is 0 Å². The molecule has 2 heteroatoms. The zero-order chi connectivity index (χ0) is 12.1. The number of hydrogen-bond acceptors (Lipinski definition) is 2. The molecule has 1 N–H and O–H groups in total. The van der Waals surface area contributed by atoms with Gasteiger partial charge in [-0.15, -0.1) is 0 Å². The van der Waals surface area contributed by atoms with Crippen molar-refractivity contribution < 1.29 is 9.84 Å². The molecule has 0 saturated carbocycles. The number of hydrogen-bond donors (Lipinski definition) is 1. The second-order valence-corrected chi connectivity index (χ2v) is 3.87. The smallest absolute Gasteiger partial charge is 0.126 e. The van der Waals surface area contributed by atoms with Crippen molar-refractivity contribution >= 4 is 0 Å². The molecular formula is C15H16O2. The summed E-state index contributed by atoms with van der Waals surface area (Å²) in [6, 6.07) is 16.1. The van der Waals surface area contributed by atoms with Gasteiger partial charge >= 0.3 is 0 Å². The molecule has 0 fully saturated rings. The third-order valence-corrected chi connectivity index (χ3v) is 2.75. The van der Waals surface area contributed by atoms with Crippen LogP contribution in [0.2, 0.25) is 0 Å². The molecule has 0 aliphatic heterocycles. The number of methoxy groups -OCH3 is 1. The summed E-state index contributed by atoms with van der Waals surface area (Å²) in [6.07, 6.45) is 0.684. The van der Waals surface area contributed by atoms with Gasteiger partial charge in [0.2, 0.25) is 0 Å². The molecule has 0 heterocycles. The van der Waals surface area contributed by atoms with Gasteiger partial charge in [0.1, 0.15) is 5.75 Å². The molecule has 0 aromatic heterocycles. The summed E-state index contributed by atoms with van der Waals surface area (Å²) in [5.41, 5.74) is 3.33. The van der Waals surface area contributed by atoms with Gasteiger partial charge in [0.25, 0.3) is 0 Å². The Balaban J connectivity index is 2.41. The minimum atomic E-state index is 0.176. The maximum atomic E-state index is 8.96. The Morgan fingerprint density at radius 1 is 1.06 bits per heavy atom. The molecule has 17 heavy (non-hydrogen) atoms. The maximum absolute atomic E-state index is 8.96. The monoisotopic (exact) mass is 228 g/mol. The van der Waals surface area contributed by atoms with E-state index in [0.29, 0.717) is 6.42 Å². The van der Waals surface area contributed by atoms with E-state index >= 15 is 0 Å². The van der Waals surface area contributed by atoms with Gasteiger partial charge in [0.15, 0.2) is 0 Å². The van der Waals surface area contributed by atoms with Gasteiger partial charge in [0, 0.05) is 12.2 Å². The normalized spacial score (nSPS) is 10.2. The van der Waals surface area contributed by atoms with Crippen molar-refractivity contribution in [3.63, 3.8) is 0 Å². The Morgan fingerprint density at radius 3 is 2.65 bits per heavy atom. The molecular weight excluding hydrogens is 212 g/mol. The zero-order valence-corrected chi connectivity index (χ0v) is 9.89. The number of aliphatic hydroxyl groups is 1. The van der Waals surface area contributed by atoms with E-state index in [2.05, 4.69) is 12.1 Å². The standard InChI is InChI=1S/C15H16O2/c1-17-15-8-3-2-7-14(15)13-6-4-5-12(11-13)9-10-16/h2-8,11,16H,9-10H2,1H3. The van der Waals surface area contributed by atoms with Crippen molar-refractivity contribution in [2.24, 2.45) is 0 Å². The van der Waals surface area contributed by atoms with Crippen LogP contribution in [0.1, 0.15) is 5.56 Å². The number of ether oxygens (including phenoxy) is 1. The van der Waals surface area contributed by atoms with Crippen LogP contribution in [0, 0.1) is 0 Å². The van der Waals surface area contributed by atoms with Crippen LogP contribution in [0.3, 0.4) is 0 Å². The van der Waals surface area contributed by atoms with Crippen LogP contribution in [-0.4, -0.2) is 18.8 Å². The van der Waals surface area contributed by atoms with Crippen LogP contribution in [0.5, 0.6) is 5.75 Å². The predicted octanol–water partition coefficient (Wildman–Crippen LogP) is 2.90. The molecule has 0 saturated heterocycles. The van der Waals surface area contributed by atoms with Crippen LogP contribution >= 0.6 is 0 Å². The highest BCUT2D eigenvalue weighted by atomic mass is 16.5. The van der Waals surface area contributed by atoms with Crippen molar-refractivity contribution in [3.05, 3.63) is 54.1 Å². The summed E-state index contributed by atoms with van der Waals surface area (Å²) >= 11 is 0. The van der Waals surface area contributed by atoms with Crippen LogP contribution in [-0.2, 0) is 6.42 Å². The number of aliphatic hydroxyl groups excluding tert-OH is 1. The molecule has 0 bridgehead atoms. The van der Waals surface area contributed by atoms with E-state index in [0.717, 1.165) is 22.4 Å². The molecule has 0 atom stereocenters. The number of benzene rings is 2. The topological polar surface area (TPSA) is 29.5 Å². The van der Waals surface area contributed by atoms with Crippen molar-refractivity contribution in [2.45, 2.75) is 6.42 Å². The third kappa shape index (κ3) is 2.66. The van der Waals surface area contributed by atoms with Crippen LogP contribution in [0.4, 0.5) is 0 Å². The highest BCUT2D eigenvalue weighted by Gasteiger charge is 2.04. The zero-order valence-electron chi connectivity index (χ0n) is 9.89. The largest absolute Gasteiger partial charge is 0.496 e. The Hall–Kier alpha value is -1.80. The fourth-order valence-electron chi connectivity index (χ4n) is 1.91. The maximum Gasteiger partial charge on any atom is 0.126 e. The highest BCUT2D eigenvalue weighted by molar-refractivity contribution is 5.70. The summed E-state index contributed by atoms with van der Waals surface area (Å²) < 4.78 is 5.35. The molecule has 2 aromatic carbocycles. The Morgan fingerprint density at radius 2 is 1.88 bits per heavy atom. The summed E-state index contributed by atoms with van der Waals surface area (Å²) in [5, 5.41) is 8.96. The van der Waals surface area contributed by atoms with Gasteiger partial charge in [0.05, 0.1) is 7.11 Å². The van der Waals surface area contributed by atoms with Crippen molar-refractivity contribution in [2.75, 3.05) is 13.7 Å². The second kappa shape index (κ2) is 5.51. The first-order chi connectivity index (χ1) is 8.35. The molecule has 0 amide bonds. The Labute approximate surface area is 101 Å². The molecule has 0 spiro atoms. The van der Waals surface area contributed by atoms with E-state index in [1.807, 2.05) is 36.4 Å². The van der Waals surface area contributed by atoms with Crippen molar-refractivity contribution in [1.82, 2.24) is 0 Å². The highest BCUT2D eigenvalue weighted by Crippen LogP contribution is 2.29. The molecule has 2 aromatic rings. The minimum absolute atomic E-state index is 0.176. The lowest BCUT2D eigenvalue weighted by Crippen LogP contribution is -1.92. The Bertz CT molecular complexity index is 492. The average molecular weight is 228 g/mol. The van der Waals surface area contributed by atoms with E-state index in [4.69, 9.17) is 9.84 Å². The first kappa shape index (κ1) is 11.7. The van der Waals surface area contributed by atoms with Crippen molar-refractivity contribution in [3.8, 4) is 16.9 Å². The van der Waals surface area contributed by atoms with Crippen LogP contribution < -0.4 is 4.74 Å². The molecule has 0 radical (unpaired) electrons. The molecule has 0 aliphatic carbocycles. The fourth-order valence-corrected chi connectivity index (χ4v) is 1.91. The van der Waals surface area contributed by atoms with E-state index in [-0.39, 0.29) is 6.61 Å². The first-order valence-electron chi connectivity index (χ1n) is 5.68. The molecule has 88 valence electrons. The lowest BCUT2D eigenvalue weighted by atomic mass is 10.0. The van der Waals surface area contributed by atoms with E-state index < -0.39 is 0 Å². The van der Waals surface area contributed by atoms with Gasteiger partial charge in [-0.3, -0.25) is 0 Å². The summed E-state index contributed by atoms with van der Waals surface area (Å²) in [4.78, 5) is 0. The van der Waals surface area contributed by atoms with Gasteiger partial charge in [-0.25, -0.2) is 0 Å². The summed E-state index contributed by atoms with van der Waals surface area (Å²) in [5.74, 6) is 0.869. The van der Waals surface area contributed by atoms with Gasteiger partial charge in [-0.05, 0) is 23.6 Å². The predicted molar refractivity (Wildman–Crippen MR) is 69.2 cm³/mol. The van der Waals surface area contributed by atoms with Crippen molar-refractivity contribution in [1.29, 1.82) is 0 Å². The molecule has 0 aliphatic rings. The lowest BCUT2D eigenvalue weighted by Gasteiger charge is -2.09. The van der Waals surface area contributed by atoms with Crippen LogP contribution in [0.25, 0.3) is 11.1 Å². The fraction of sp³-hybridized carbons (Fsp3) is 0.200. The quantitative estimate of drug-likeness (QED) is 0.871. The molecule has 2 nitrogen and oxygen atoms in total. The lowest BCUT2D eigenvalue weighted by molar-refractivity contribution is 0.299. The Kier molecular flexibility index (Phi) is 3.78. The third-order valence-electron chi connectivity index (χ3n) is 2.75. The van der Waals surface area contributed by atoms with Gasteiger partial charge in [-0.1, -0.05) is 42.5 Å².